The first-order valence-electron chi connectivity index (χ1n) is 7.66. The molecule has 1 fully saturated rings. The molecule has 0 atom stereocenters. The van der Waals surface area contributed by atoms with Gasteiger partial charge in [0.25, 0.3) is 0 Å². The highest BCUT2D eigenvalue weighted by Crippen LogP contribution is 2.27. The lowest BCUT2D eigenvalue weighted by molar-refractivity contribution is 0.524. The van der Waals surface area contributed by atoms with Gasteiger partial charge in [-0.25, -0.2) is 8.78 Å². The average molecular weight is 282 g/mol. The molecule has 2 nitrogen and oxygen atoms in total. The van der Waals surface area contributed by atoms with E-state index in [1.54, 1.807) is 0 Å². The number of nitrogens with zero attached hydrogens (tertiary/aromatic N) is 1. The molecule has 0 spiro atoms. The van der Waals surface area contributed by atoms with Crippen LogP contribution in [-0.4, -0.2) is 19.6 Å². The molecule has 0 aliphatic carbocycles. The van der Waals surface area contributed by atoms with E-state index in [1.807, 2.05) is 11.8 Å². The van der Waals surface area contributed by atoms with E-state index in [9.17, 15) is 8.78 Å². The van der Waals surface area contributed by atoms with Crippen LogP contribution in [0.1, 0.15) is 44.6 Å². The van der Waals surface area contributed by atoms with Crippen LogP contribution >= 0.6 is 0 Å². The summed E-state index contributed by atoms with van der Waals surface area (Å²) < 4.78 is 28.5. The van der Waals surface area contributed by atoms with Crippen LogP contribution in [0.15, 0.2) is 12.1 Å². The topological polar surface area (TPSA) is 15.3 Å². The van der Waals surface area contributed by atoms with Crippen molar-refractivity contribution in [2.45, 2.75) is 45.6 Å². The SMILES string of the molecule is CCNCc1cc(F)c(N2CCCCCCC2)c(F)c1. The maximum atomic E-state index is 14.2. The minimum absolute atomic E-state index is 0.159. The van der Waals surface area contributed by atoms with Crippen LogP contribution < -0.4 is 10.2 Å². The largest absolute Gasteiger partial charge is 0.367 e. The molecular formula is C16H24F2N2. The molecule has 1 N–H and O–H groups in total. The van der Waals surface area contributed by atoms with E-state index in [4.69, 9.17) is 0 Å². The van der Waals surface area contributed by atoms with Crippen LogP contribution in [0.4, 0.5) is 14.5 Å². The Hall–Kier alpha value is -1.16. The Bertz CT molecular complexity index is 403. The summed E-state index contributed by atoms with van der Waals surface area (Å²) in [5, 5.41) is 3.09. The zero-order valence-corrected chi connectivity index (χ0v) is 12.2. The zero-order chi connectivity index (χ0) is 14.4. The monoisotopic (exact) mass is 282 g/mol. The van der Waals surface area contributed by atoms with Crippen molar-refractivity contribution in [2.75, 3.05) is 24.5 Å². The summed E-state index contributed by atoms with van der Waals surface area (Å²) in [6.07, 6.45) is 5.56. The molecule has 0 aromatic heterocycles. The normalized spacial score (nSPS) is 16.9. The van der Waals surface area contributed by atoms with Crippen molar-refractivity contribution >= 4 is 5.69 Å². The average Bonchev–Trinajstić information content (AvgIpc) is 2.37. The van der Waals surface area contributed by atoms with E-state index in [2.05, 4.69) is 5.32 Å². The van der Waals surface area contributed by atoms with Crippen LogP contribution in [-0.2, 0) is 6.54 Å². The minimum atomic E-state index is -0.432. The molecule has 0 unspecified atom stereocenters. The molecule has 1 saturated heterocycles. The first-order valence-corrected chi connectivity index (χ1v) is 7.66. The number of anilines is 1. The molecule has 1 heterocycles. The van der Waals surface area contributed by atoms with E-state index in [-0.39, 0.29) is 5.69 Å². The smallest absolute Gasteiger partial charge is 0.149 e. The highest BCUT2D eigenvalue weighted by Gasteiger charge is 2.18. The second-order valence-corrected chi connectivity index (χ2v) is 5.44. The van der Waals surface area contributed by atoms with Crippen LogP contribution in [0, 0.1) is 11.6 Å². The van der Waals surface area contributed by atoms with Crippen molar-refractivity contribution in [3.8, 4) is 0 Å². The number of rotatable bonds is 4. The second-order valence-electron chi connectivity index (χ2n) is 5.44. The Labute approximate surface area is 120 Å². The number of hydrogen-bond donors (Lipinski definition) is 1. The van der Waals surface area contributed by atoms with Crippen LogP contribution in [0.2, 0.25) is 0 Å². The third-order valence-electron chi connectivity index (χ3n) is 3.83. The van der Waals surface area contributed by atoms with Crippen LogP contribution in [0.25, 0.3) is 0 Å². The van der Waals surface area contributed by atoms with Gasteiger partial charge < -0.3 is 10.2 Å². The van der Waals surface area contributed by atoms with E-state index < -0.39 is 11.6 Å². The molecule has 1 aromatic carbocycles. The summed E-state index contributed by atoms with van der Waals surface area (Å²) in [5.41, 5.74) is 0.824. The molecule has 0 amide bonds. The summed E-state index contributed by atoms with van der Waals surface area (Å²) in [4.78, 5) is 1.88. The third kappa shape index (κ3) is 3.92. The van der Waals surface area contributed by atoms with Crippen molar-refractivity contribution in [3.63, 3.8) is 0 Å². The summed E-state index contributed by atoms with van der Waals surface area (Å²) in [6, 6.07) is 2.92. The van der Waals surface area contributed by atoms with Gasteiger partial charge in [0.1, 0.15) is 17.3 Å². The lowest BCUT2D eigenvalue weighted by Gasteiger charge is -2.27. The van der Waals surface area contributed by atoms with Crippen molar-refractivity contribution in [2.24, 2.45) is 0 Å². The molecule has 4 heteroatoms. The van der Waals surface area contributed by atoms with Gasteiger partial charge in [-0.3, -0.25) is 0 Å². The van der Waals surface area contributed by atoms with E-state index in [1.165, 1.54) is 18.6 Å². The summed E-state index contributed by atoms with van der Waals surface area (Å²) in [7, 11) is 0. The first kappa shape index (κ1) is 15.2. The number of nitrogens with one attached hydrogen (secondary N) is 1. The Balaban J connectivity index is 2.17. The molecule has 2 rings (SSSR count). The fourth-order valence-corrected chi connectivity index (χ4v) is 2.76. The summed E-state index contributed by atoms with van der Waals surface area (Å²) in [5.74, 6) is -0.864. The highest BCUT2D eigenvalue weighted by molar-refractivity contribution is 5.50. The molecule has 20 heavy (non-hydrogen) atoms. The third-order valence-corrected chi connectivity index (χ3v) is 3.83. The molecular weight excluding hydrogens is 258 g/mol. The van der Waals surface area contributed by atoms with Gasteiger partial charge in [0, 0.05) is 19.6 Å². The second kappa shape index (κ2) is 7.58. The van der Waals surface area contributed by atoms with Gasteiger partial charge in [0.2, 0.25) is 0 Å². The number of hydrogen-bond acceptors (Lipinski definition) is 2. The van der Waals surface area contributed by atoms with Gasteiger partial charge in [0.15, 0.2) is 0 Å². The maximum Gasteiger partial charge on any atom is 0.149 e. The zero-order valence-electron chi connectivity index (χ0n) is 12.2. The lowest BCUT2D eigenvalue weighted by Crippen LogP contribution is -2.29. The molecule has 1 aliphatic rings. The van der Waals surface area contributed by atoms with Crippen LogP contribution in [0.5, 0.6) is 0 Å². The fraction of sp³-hybridized carbons (Fsp3) is 0.625. The lowest BCUT2D eigenvalue weighted by atomic mass is 10.1. The summed E-state index contributed by atoms with van der Waals surface area (Å²) in [6.45, 7) is 4.77. The Morgan fingerprint density at radius 2 is 1.55 bits per heavy atom. The van der Waals surface area contributed by atoms with Gasteiger partial charge >= 0.3 is 0 Å². The van der Waals surface area contributed by atoms with Crippen molar-refractivity contribution < 1.29 is 8.78 Å². The van der Waals surface area contributed by atoms with E-state index >= 15 is 0 Å². The van der Waals surface area contributed by atoms with E-state index in [0.717, 1.165) is 45.3 Å². The maximum absolute atomic E-state index is 14.2. The van der Waals surface area contributed by atoms with Crippen LogP contribution in [0.3, 0.4) is 0 Å². The number of halogens is 2. The first-order chi connectivity index (χ1) is 9.72. The van der Waals surface area contributed by atoms with Gasteiger partial charge in [-0.15, -0.1) is 0 Å². The molecule has 1 aromatic rings. The van der Waals surface area contributed by atoms with Crippen molar-refractivity contribution in [1.82, 2.24) is 5.32 Å². The Morgan fingerprint density at radius 3 is 2.10 bits per heavy atom. The fourth-order valence-electron chi connectivity index (χ4n) is 2.76. The van der Waals surface area contributed by atoms with Gasteiger partial charge in [-0.1, -0.05) is 26.2 Å². The number of benzene rings is 1. The highest BCUT2D eigenvalue weighted by atomic mass is 19.1. The molecule has 0 saturated carbocycles. The van der Waals surface area contributed by atoms with E-state index in [0.29, 0.717) is 12.1 Å². The molecule has 0 radical (unpaired) electrons. The molecule has 112 valence electrons. The van der Waals surface area contributed by atoms with Gasteiger partial charge in [0.05, 0.1) is 0 Å². The van der Waals surface area contributed by atoms with Crippen molar-refractivity contribution in [1.29, 1.82) is 0 Å². The predicted molar refractivity (Wildman–Crippen MR) is 79.0 cm³/mol. The van der Waals surface area contributed by atoms with Crippen molar-refractivity contribution in [3.05, 3.63) is 29.3 Å². The predicted octanol–water partition coefficient (Wildman–Crippen LogP) is 3.84. The molecule has 1 aliphatic heterocycles. The van der Waals surface area contributed by atoms with Gasteiger partial charge in [-0.05, 0) is 37.1 Å². The quantitative estimate of drug-likeness (QED) is 0.902. The summed E-state index contributed by atoms with van der Waals surface area (Å²) >= 11 is 0. The minimum Gasteiger partial charge on any atom is -0.367 e. The Kier molecular flexibility index (Phi) is 5.77. The Morgan fingerprint density at radius 1 is 1.00 bits per heavy atom. The standard InChI is InChI=1S/C16H24F2N2/c1-2-19-12-13-10-14(17)16(15(18)11-13)20-8-6-4-3-5-7-9-20/h10-11,19H,2-9,12H2,1H3. The van der Waals surface area contributed by atoms with Gasteiger partial charge in [-0.2, -0.15) is 0 Å². The molecule has 0 bridgehead atoms.